The Balaban J connectivity index is 1.94. The van der Waals surface area contributed by atoms with Gasteiger partial charge in [-0.05, 0) is 24.5 Å². The first-order valence-electron chi connectivity index (χ1n) is 6.52. The van der Waals surface area contributed by atoms with Crippen molar-refractivity contribution in [3.05, 3.63) is 35.4 Å². The van der Waals surface area contributed by atoms with Crippen LogP contribution in [0.4, 0.5) is 8.78 Å². The van der Waals surface area contributed by atoms with Crippen LogP contribution < -0.4 is 5.73 Å². The van der Waals surface area contributed by atoms with Crippen LogP contribution in [0.15, 0.2) is 24.3 Å². The van der Waals surface area contributed by atoms with E-state index < -0.39 is 6.43 Å². The number of nitrogens with zero attached hydrogens (tertiary/aromatic N) is 1. The van der Waals surface area contributed by atoms with Gasteiger partial charge in [-0.1, -0.05) is 18.2 Å². The maximum absolute atomic E-state index is 12.8. The Labute approximate surface area is 110 Å². The molecule has 0 bridgehead atoms. The van der Waals surface area contributed by atoms with Crippen molar-refractivity contribution >= 4 is 5.91 Å². The van der Waals surface area contributed by atoms with Crippen molar-refractivity contribution in [2.75, 3.05) is 0 Å². The number of hydrogen-bond donors (Lipinski definition) is 1. The zero-order chi connectivity index (χ0) is 13.6. The summed E-state index contributed by atoms with van der Waals surface area (Å²) in [6, 6.07) is 5.96. The maximum atomic E-state index is 12.8. The number of alkyl halides is 2. The molecule has 1 heterocycles. The predicted molar refractivity (Wildman–Crippen MR) is 66.6 cm³/mol. The molecule has 1 aromatic rings. The molecule has 3 rings (SSSR count). The molecule has 1 saturated carbocycles. The van der Waals surface area contributed by atoms with E-state index in [4.69, 9.17) is 5.73 Å². The summed E-state index contributed by atoms with van der Waals surface area (Å²) in [7, 11) is 0. The Morgan fingerprint density at radius 1 is 1.32 bits per heavy atom. The monoisotopic (exact) mass is 266 g/mol. The smallest absolute Gasteiger partial charge is 0.263 e. The number of hydrogen-bond acceptors (Lipinski definition) is 2. The number of carbonyl (C=O) groups is 1. The highest BCUT2D eigenvalue weighted by molar-refractivity contribution is 5.81. The summed E-state index contributed by atoms with van der Waals surface area (Å²) < 4.78 is 25.5. The summed E-state index contributed by atoms with van der Waals surface area (Å²) in [5, 5.41) is 0. The molecule has 19 heavy (non-hydrogen) atoms. The highest BCUT2D eigenvalue weighted by Crippen LogP contribution is 2.41. The molecule has 0 spiro atoms. The topological polar surface area (TPSA) is 46.3 Å². The van der Waals surface area contributed by atoms with Crippen LogP contribution in [0.2, 0.25) is 0 Å². The minimum atomic E-state index is -2.50. The van der Waals surface area contributed by atoms with Crippen LogP contribution in [-0.2, 0) is 4.79 Å². The van der Waals surface area contributed by atoms with E-state index in [9.17, 15) is 13.6 Å². The van der Waals surface area contributed by atoms with Gasteiger partial charge >= 0.3 is 0 Å². The summed E-state index contributed by atoms with van der Waals surface area (Å²) in [5.74, 6) is 0.0439. The number of rotatable bonds is 3. The lowest BCUT2D eigenvalue weighted by atomic mass is 9.98. The molecule has 3 nitrogen and oxygen atoms in total. The molecular weight excluding hydrogens is 250 g/mol. The molecule has 2 fully saturated rings. The molecule has 5 heteroatoms. The second-order valence-electron chi connectivity index (χ2n) is 5.32. The Kier molecular flexibility index (Phi) is 3.01. The summed E-state index contributed by atoms with van der Waals surface area (Å²) in [5.41, 5.74) is 6.74. The number of likely N-dealkylation sites (tertiary alicyclic amines) is 1. The Hall–Kier alpha value is -1.49. The zero-order valence-electron chi connectivity index (χ0n) is 10.4. The molecule has 1 amide bonds. The molecule has 1 aromatic carbocycles. The van der Waals surface area contributed by atoms with E-state index in [1.54, 1.807) is 17.0 Å². The van der Waals surface area contributed by atoms with E-state index in [0.717, 1.165) is 18.4 Å². The van der Waals surface area contributed by atoms with Gasteiger partial charge in [-0.3, -0.25) is 4.79 Å². The molecular formula is C14H16F2N2O. The van der Waals surface area contributed by atoms with Crippen LogP contribution in [0.3, 0.4) is 0 Å². The van der Waals surface area contributed by atoms with Crippen LogP contribution in [0.25, 0.3) is 0 Å². The Bertz CT molecular complexity index is 502. The third kappa shape index (κ3) is 2.23. The first-order chi connectivity index (χ1) is 9.08. The van der Waals surface area contributed by atoms with Crippen LogP contribution >= 0.6 is 0 Å². The third-order valence-corrected chi connectivity index (χ3v) is 3.85. The number of benzene rings is 1. The second kappa shape index (κ2) is 4.56. The fourth-order valence-corrected chi connectivity index (χ4v) is 2.85. The normalized spacial score (nSPS) is 27.4. The molecule has 2 atom stereocenters. The van der Waals surface area contributed by atoms with Crippen LogP contribution in [0, 0.1) is 0 Å². The van der Waals surface area contributed by atoms with E-state index in [-0.39, 0.29) is 29.6 Å². The number of nitrogens with two attached hydrogens (primary N) is 1. The van der Waals surface area contributed by atoms with E-state index in [1.165, 1.54) is 12.1 Å². The van der Waals surface area contributed by atoms with Crippen molar-refractivity contribution in [2.24, 2.45) is 5.73 Å². The van der Waals surface area contributed by atoms with Gasteiger partial charge in [0.2, 0.25) is 5.91 Å². The van der Waals surface area contributed by atoms with Crippen molar-refractivity contribution in [2.45, 2.75) is 43.8 Å². The van der Waals surface area contributed by atoms with Gasteiger partial charge in [-0.25, -0.2) is 8.78 Å². The van der Waals surface area contributed by atoms with Gasteiger partial charge in [-0.15, -0.1) is 0 Å². The highest BCUT2D eigenvalue weighted by atomic mass is 19.3. The zero-order valence-corrected chi connectivity index (χ0v) is 10.4. The average molecular weight is 266 g/mol. The van der Waals surface area contributed by atoms with Crippen LogP contribution in [0.1, 0.15) is 42.9 Å². The van der Waals surface area contributed by atoms with Gasteiger partial charge < -0.3 is 10.6 Å². The SMILES string of the molecule is NC1CC(=O)N(C2CC2)C1c1cccc(C(F)F)c1. The van der Waals surface area contributed by atoms with Crippen LogP contribution in [-0.4, -0.2) is 22.9 Å². The second-order valence-corrected chi connectivity index (χ2v) is 5.32. The molecule has 2 aliphatic rings. The van der Waals surface area contributed by atoms with E-state index in [1.807, 2.05) is 0 Å². The van der Waals surface area contributed by atoms with Crippen molar-refractivity contribution in [3.8, 4) is 0 Å². The first kappa shape index (κ1) is 12.5. The minimum Gasteiger partial charge on any atom is -0.331 e. The van der Waals surface area contributed by atoms with E-state index >= 15 is 0 Å². The Morgan fingerprint density at radius 2 is 2.05 bits per heavy atom. The lowest BCUT2D eigenvalue weighted by Crippen LogP contribution is -2.34. The van der Waals surface area contributed by atoms with Crippen LogP contribution in [0.5, 0.6) is 0 Å². The van der Waals surface area contributed by atoms with Gasteiger partial charge in [0.15, 0.2) is 0 Å². The van der Waals surface area contributed by atoms with Crippen molar-refractivity contribution in [1.82, 2.24) is 4.90 Å². The molecule has 0 radical (unpaired) electrons. The molecule has 2 unspecified atom stereocenters. The van der Waals surface area contributed by atoms with Crippen molar-refractivity contribution < 1.29 is 13.6 Å². The van der Waals surface area contributed by atoms with E-state index in [0.29, 0.717) is 6.42 Å². The molecule has 1 aliphatic carbocycles. The summed E-state index contributed by atoms with van der Waals surface area (Å²) in [4.78, 5) is 13.8. The van der Waals surface area contributed by atoms with Gasteiger partial charge in [0, 0.05) is 24.1 Å². The highest BCUT2D eigenvalue weighted by Gasteiger charge is 2.45. The number of amides is 1. The fraction of sp³-hybridized carbons (Fsp3) is 0.500. The van der Waals surface area contributed by atoms with Gasteiger partial charge in [0.05, 0.1) is 6.04 Å². The lowest BCUT2D eigenvalue weighted by molar-refractivity contribution is -0.129. The van der Waals surface area contributed by atoms with Crippen molar-refractivity contribution in [3.63, 3.8) is 0 Å². The molecule has 2 N–H and O–H groups in total. The number of carbonyl (C=O) groups excluding carboxylic acids is 1. The quantitative estimate of drug-likeness (QED) is 0.913. The molecule has 0 aromatic heterocycles. The summed E-state index contributed by atoms with van der Waals surface area (Å²) in [6.45, 7) is 0. The number of halogens is 2. The largest absolute Gasteiger partial charge is 0.331 e. The fourth-order valence-electron chi connectivity index (χ4n) is 2.85. The molecule has 1 saturated heterocycles. The molecule has 102 valence electrons. The van der Waals surface area contributed by atoms with Gasteiger partial charge in [0.1, 0.15) is 0 Å². The van der Waals surface area contributed by atoms with E-state index in [2.05, 4.69) is 0 Å². The standard InChI is InChI=1S/C14H16F2N2O/c15-14(16)9-3-1-2-8(6-9)13-11(17)7-12(19)18(13)10-4-5-10/h1-3,6,10-11,13-14H,4-5,7,17H2. The van der Waals surface area contributed by atoms with Crippen molar-refractivity contribution in [1.29, 1.82) is 0 Å². The summed E-state index contributed by atoms with van der Waals surface area (Å²) in [6.07, 6.45) is -0.213. The third-order valence-electron chi connectivity index (χ3n) is 3.85. The maximum Gasteiger partial charge on any atom is 0.263 e. The lowest BCUT2D eigenvalue weighted by Gasteiger charge is -2.27. The molecule has 1 aliphatic heterocycles. The Morgan fingerprint density at radius 3 is 2.68 bits per heavy atom. The average Bonchev–Trinajstić information content (AvgIpc) is 3.15. The van der Waals surface area contributed by atoms with Gasteiger partial charge in [-0.2, -0.15) is 0 Å². The minimum absolute atomic E-state index is 0.0141. The van der Waals surface area contributed by atoms with Gasteiger partial charge in [0.25, 0.3) is 6.43 Å². The summed E-state index contributed by atoms with van der Waals surface area (Å²) >= 11 is 0. The predicted octanol–water partition coefficient (Wildman–Crippen LogP) is 2.39. The first-order valence-corrected chi connectivity index (χ1v) is 6.52.